The van der Waals surface area contributed by atoms with Crippen LogP contribution in [0.25, 0.3) is 0 Å². The second-order valence-corrected chi connectivity index (χ2v) is 6.83. The van der Waals surface area contributed by atoms with Crippen molar-refractivity contribution in [2.24, 2.45) is 0 Å². The molecule has 3 heteroatoms. The van der Waals surface area contributed by atoms with Gasteiger partial charge < -0.3 is 15.5 Å². The summed E-state index contributed by atoms with van der Waals surface area (Å²) in [5.74, 6) is 0. The molecule has 0 aromatic heterocycles. The first-order valence-electron chi connectivity index (χ1n) is 9.30. The van der Waals surface area contributed by atoms with Crippen molar-refractivity contribution in [2.75, 3.05) is 23.3 Å². The topological polar surface area (TPSA) is 27.3 Å². The maximum absolute atomic E-state index is 3.57. The number of nitrogens with zero attached hydrogens (tertiary/aromatic N) is 1. The zero-order valence-electron chi connectivity index (χ0n) is 15.2. The molecule has 4 rings (SSSR count). The Kier molecular flexibility index (Phi) is 4.89. The molecule has 3 aromatic carbocycles. The highest BCUT2D eigenvalue weighted by Gasteiger charge is 2.20. The largest absolute Gasteiger partial charge is 0.352 e. The van der Waals surface area contributed by atoms with Crippen LogP contribution < -0.4 is 15.5 Å². The number of fused-ring (bicyclic) bond motifs is 2. The number of rotatable bonds is 6. The molecule has 0 unspecified atom stereocenters. The van der Waals surface area contributed by atoms with E-state index in [4.69, 9.17) is 0 Å². The Bertz CT molecular complexity index is 825. The van der Waals surface area contributed by atoms with E-state index in [0.29, 0.717) is 0 Å². The zero-order valence-corrected chi connectivity index (χ0v) is 15.2. The van der Waals surface area contributed by atoms with E-state index in [1.165, 1.54) is 33.9 Å². The minimum atomic E-state index is 0.926. The molecule has 2 N–H and O–H groups in total. The van der Waals surface area contributed by atoms with E-state index in [-0.39, 0.29) is 0 Å². The summed E-state index contributed by atoms with van der Waals surface area (Å²) in [4.78, 5) is 2.43. The molecule has 1 aliphatic heterocycles. The molecule has 0 radical (unpaired) electrons. The molecule has 26 heavy (non-hydrogen) atoms. The SMILES string of the molecule is Cc1ccc(CNCCCN2c3ccccc3Nc3ccccc32)cc1. The number of para-hydroxylation sites is 4. The van der Waals surface area contributed by atoms with Gasteiger partial charge in [0.15, 0.2) is 0 Å². The summed E-state index contributed by atoms with van der Waals surface area (Å²) in [6, 6.07) is 25.8. The molecule has 0 atom stereocenters. The summed E-state index contributed by atoms with van der Waals surface area (Å²) in [5, 5.41) is 7.11. The monoisotopic (exact) mass is 343 g/mol. The lowest BCUT2D eigenvalue weighted by molar-refractivity contribution is 0.651. The quantitative estimate of drug-likeness (QED) is 0.589. The van der Waals surface area contributed by atoms with E-state index in [2.05, 4.69) is 95.3 Å². The maximum Gasteiger partial charge on any atom is 0.0650 e. The molecule has 1 aliphatic rings. The highest BCUT2D eigenvalue weighted by molar-refractivity contribution is 5.91. The van der Waals surface area contributed by atoms with Gasteiger partial charge in [-0.15, -0.1) is 0 Å². The van der Waals surface area contributed by atoms with Crippen LogP contribution in [0.5, 0.6) is 0 Å². The average molecular weight is 343 g/mol. The molecule has 132 valence electrons. The van der Waals surface area contributed by atoms with Gasteiger partial charge >= 0.3 is 0 Å². The Morgan fingerprint density at radius 1 is 0.808 bits per heavy atom. The Labute approximate surface area is 155 Å². The number of anilines is 4. The fourth-order valence-corrected chi connectivity index (χ4v) is 3.45. The number of nitrogens with one attached hydrogen (secondary N) is 2. The number of hydrogen-bond donors (Lipinski definition) is 2. The Balaban J connectivity index is 1.38. The standard InChI is InChI=1S/C23H25N3/c1-18-11-13-19(14-12-18)17-24-15-6-16-26-22-9-4-2-7-20(22)25-21-8-3-5-10-23(21)26/h2-5,7-14,24-25H,6,15-17H2,1H3. The summed E-state index contributed by atoms with van der Waals surface area (Å²) in [5.41, 5.74) is 7.52. The average Bonchev–Trinajstić information content (AvgIpc) is 2.68. The van der Waals surface area contributed by atoms with Crippen molar-refractivity contribution < 1.29 is 0 Å². The van der Waals surface area contributed by atoms with Gasteiger partial charge in [-0.3, -0.25) is 0 Å². The van der Waals surface area contributed by atoms with Crippen LogP contribution in [0.2, 0.25) is 0 Å². The minimum absolute atomic E-state index is 0.926. The first-order chi connectivity index (χ1) is 12.8. The molecule has 0 spiro atoms. The normalized spacial score (nSPS) is 12.3. The first-order valence-corrected chi connectivity index (χ1v) is 9.30. The Morgan fingerprint density at radius 2 is 1.42 bits per heavy atom. The highest BCUT2D eigenvalue weighted by atomic mass is 15.2. The van der Waals surface area contributed by atoms with Crippen LogP contribution >= 0.6 is 0 Å². The van der Waals surface area contributed by atoms with Crippen molar-refractivity contribution >= 4 is 22.7 Å². The Hall–Kier alpha value is -2.78. The number of aryl methyl sites for hydroxylation is 1. The molecular weight excluding hydrogens is 318 g/mol. The molecule has 3 nitrogen and oxygen atoms in total. The Morgan fingerprint density at radius 3 is 2.08 bits per heavy atom. The zero-order chi connectivity index (χ0) is 17.8. The molecule has 1 heterocycles. The molecule has 3 aromatic rings. The minimum Gasteiger partial charge on any atom is -0.352 e. The van der Waals surface area contributed by atoms with Gasteiger partial charge in [-0.1, -0.05) is 54.1 Å². The smallest absolute Gasteiger partial charge is 0.0650 e. The van der Waals surface area contributed by atoms with Gasteiger partial charge in [0.05, 0.1) is 22.7 Å². The second-order valence-electron chi connectivity index (χ2n) is 6.83. The highest BCUT2D eigenvalue weighted by Crippen LogP contribution is 2.43. The van der Waals surface area contributed by atoms with E-state index >= 15 is 0 Å². The molecule has 0 saturated heterocycles. The van der Waals surface area contributed by atoms with Crippen molar-refractivity contribution in [3.05, 3.63) is 83.9 Å². The van der Waals surface area contributed by atoms with Crippen LogP contribution in [0.1, 0.15) is 17.5 Å². The summed E-state index contributed by atoms with van der Waals surface area (Å²) >= 11 is 0. The first kappa shape index (κ1) is 16.7. The molecule has 0 saturated carbocycles. The van der Waals surface area contributed by atoms with Gasteiger partial charge in [-0.2, -0.15) is 0 Å². The lowest BCUT2D eigenvalue weighted by Crippen LogP contribution is -2.26. The van der Waals surface area contributed by atoms with Gasteiger partial charge in [-0.05, 0) is 49.7 Å². The summed E-state index contributed by atoms with van der Waals surface area (Å²) in [6.45, 7) is 5.05. The van der Waals surface area contributed by atoms with E-state index in [9.17, 15) is 0 Å². The van der Waals surface area contributed by atoms with Gasteiger partial charge in [0.1, 0.15) is 0 Å². The van der Waals surface area contributed by atoms with Crippen LogP contribution in [-0.2, 0) is 6.54 Å². The molecule has 0 fully saturated rings. The van der Waals surface area contributed by atoms with E-state index in [1.807, 2.05) is 0 Å². The second kappa shape index (κ2) is 7.63. The predicted octanol–water partition coefficient (Wildman–Crippen LogP) is 5.37. The molecule has 0 aliphatic carbocycles. The fraction of sp³-hybridized carbons (Fsp3) is 0.217. The van der Waals surface area contributed by atoms with Gasteiger partial charge in [0.2, 0.25) is 0 Å². The third-order valence-corrected chi connectivity index (χ3v) is 4.84. The molecule has 0 bridgehead atoms. The van der Waals surface area contributed by atoms with E-state index in [1.54, 1.807) is 0 Å². The van der Waals surface area contributed by atoms with Gasteiger partial charge in [0, 0.05) is 13.1 Å². The fourth-order valence-electron chi connectivity index (χ4n) is 3.45. The van der Waals surface area contributed by atoms with E-state index < -0.39 is 0 Å². The van der Waals surface area contributed by atoms with Crippen molar-refractivity contribution in [1.82, 2.24) is 5.32 Å². The van der Waals surface area contributed by atoms with Crippen molar-refractivity contribution in [1.29, 1.82) is 0 Å². The number of hydrogen-bond acceptors (Lipinski definition) is 3. The van der Waals surface area contributed by atoms with Crippen LogP contribution in [0.15, 0.2) is 72.8 Å². The van der Waals surface area contributed by atoms with Crippen LogP contribution in [0.4, 0.5) is 22.7 Å². The predicted molar refractivity (Wildman–Crippen MR) is 111 cm³/mol. The van der Waals surface area contributed by atoms with E-state index in [0.717, 1.165) is 26.1 Å². The lowest BCUT2D eigenvalue weighted by Gasteiger charge is -2.34. The van der Waals surface area contributed by atoms with Crippen LogP contribution in [0, 0.1) is 6.92 Å². The summed E-state index contributed by atoms with van der Waals surface area (Å²) in [6.07, 6.45) is 1.09. The summed E-state index contributed by atoms with van der Waals surface area (Å²) < 4.78 is 0. The van der Waals surface area contributed by atoms with Crippen LogP contribution in [0.3, 0.4) is 0 Å². The van der Waals surface area contributed by atoms with Crippen molar-refractivity contribution in [2.45, 2.75) is 19.9 Å². The van der Waals surface area contributed by atoms with Gasteiger partial charge in [-0.25, -0.2) is 0 Å². The van der Waals surface area contributed by atoms with Crippen molar-refractivity contribution in [3.63, 3.8) is 0 Å². The molecular formula is C23H25N3. The summed E-state index contributed by atoms with van der Waals surface area (Å²) in [7, 11) is 0. The third kappa shape index (κ3) is 3.58. The lowest BCUT2D eigenvalue weighted by atomic mass is 10.1. The third-order valence-electron chi connectivity index (χ3n) is 4.84. The molecule has 0 amide bonds. The number of benzene rings is 3. The van der Waals surface area contributed by atoms with Crippen molar-refractivity contribution in [3.8, 4) is 0 Å². The van der Waals surface area contributed by atoms with Crippen LogP contribution in [-0.4, -0.2) is 13.1 Å². The van der Waals surface area contributed by atoms with Gasteiger partial charge in [0.25, 0.3) is 0 Å². The maximum atomic E-state index is 3.57.